The third kappa shape index (κ3) is 3.84. The van der Waals surface area contributed by atoms with Gasteiger partial charge < -0.3 is 19.6 Å². The molecule has 1 atom stereocenters. The molecule has 1 unspecified atom stereocenters. The van der Waals surface area contributed by atoms with E-state index in [9.17, 15) is 0 Å². The van der Waals surface area contributed by atoms with E-state index in [1.54, 1.807) is 6.26 Å². The van der Waals surface area contributed by atoms with Crippen LogP contribution in [-0.4, -0.2) is 41.0 Å². The molecule has 0 aliphatic carbocycles. The zero-order valence-corrected chi connectivity index (χ0v) is 16.6. The molecular weight excluding hydrogens is 360 g/mol. The minimum absolute atomic E-state index is 0.00529. The molecule has 0 amide bonds. The predicted octanol–water partition coefficient (Wildman–Crippen LogP) is 4.60. The zero-order valence-electron chi connectivity index (χ0n) is 16.6. The molecule has 2 aromatic carbocycles. The van der Waals surface area contributed by atoms with Crippen LogP contribution in [0.3, 0.4) is 0 Å². The monoisotopic (exact) mass is 386 g/mol. The van der Waals surface area contributed by atoms with Gasteiger partial charge in [-0.1, -0.05) is 30.3 Å². The molecular formula is C24H26N4O. The number of para-hydroxylation sites is 2. The number of furan rings is 1. The Morgan fingerprint density at radius 2 is 1.93 bits per heavy atom. The molecule has 1 aliphatic heterocycles. The molecule has 0 spiro atoms. The molecule has 1 aliphatic rings. The Morgan fingerprint density at radius 1 is 1.07 bits per heavy atom. The molecule has 5 rings (SSSR count). The first kappa shape index (κ1) is 18.2. The number of hydrogen-bond donors (Lipinski definition) is 2. The van der Waals surface area contributed by atoms with Crippen molar-refractivity contribution >= 4 is 11.0 Å². The first-order valence-electron chi connectivity index (χ1n) is 10.3. The van der Waals surface area contributed by atoms with E-state index in [4.69, 9.17) is 9.40 Å². The lowest BCUT2D eigenvalue weighted by Crippen LogP contribution is -2.42. The Morgan fingerprint density at radius 3 is 2.72 bits per heavy atom. The number of H-pyrrole nitrogens is 1. The second kappa shape index (κ2) is 7.85. The molecule has 5 heteroatoms. The van der Waals surface area contributed by atoms with Crippen molar-refractivity contribution < 1.29 is 4.42 Å². The van der Waals surface area contributed by atoms with Gasteiger partial charge in [-0.3, -0.25) is 0 Å². The molecule has 4 aromatic rings. The number of hydrogen-bond acceptors (Lipinski definition) is 4. The second-order valence-electron chi connectivity index (χ2n) is 7.92. The number of aromatic nitrogens is 2. The van der Waals surface area contributed by atoms with Crippen LogP contribution < -0.4 is 5.32 Å². The van der Waals surface area contributed by atoms with Gasteiger partial charge in [0, 0.05) is 11.6 Å². The maximum Gasteiger partial charge on any atom is 0.133 e. The highest BCUT2D eigenvalue weighted by molar-refractivity contribution is 5.75. The number of nitrogens with one attached hydrogen (secondary N) is 2. The number of nitrogens with zero attached hydrogens (tertiary/aromatic N) is 2. The lowest BCUT2D eigenvalue weighted by molar-refractivity contribution is 0.228. The molecule has 2 aromatic heterocycles. The molecule has 1 fully saturated rings. The average Bonchev–Trinajstić information content (AvgIpc) is 3.43. The Hall–Kier alpha value is -2.89. The molecule has 0 saturated carbocycles. The minimum Gasteiger partial charge on any atom is -0.464 e. The van der Waals surface area contributed by atoms with Crippen molar-refractivity contribution in [1.29, 1.82) is 0 Å². The van der Waals surface area contributed by atoms with Gasteiger partial charge in [-0.15, -0.1) is 0 Å². The highest BCUT2D eigenvalue weighted by atomic mass is 16.3. The second-order valence-corrected chi connectivity index (χ2v) is 7.92. The topological polar surface area (TPSA) is 57.1 Å². The van der Waals surface area contributed by atoms with E-state index >= 15 is 0 Å². The number of imidazole rings is 1. The van der Waals surface area contributed by atoms with Crippen LogP contribution in [0.1, 0.15) is 30.3 Å². The molecule has 29 heavy (non-hydrogen) atoms. The fourth-order valence-corrected chi connectivity index (χ4v) is 4.17. The van der Waals surface area contributed by atoms with Crippen molar-refractivity contribution in [2.75, 3.05) is 20.1 Å². The van der Waals surface area contributed by atoms with E-state index in [2.05, 4.69) is 58.6 Å². The number of likely N-dealkylation sites (tertiary alicyclic amines) is 1. The van der Waals surface area contributed by atoms with Crippen molar-refractivity contribution in [3.63, 3.8) is 0 Å². The van der Waals surface area contributed by atoms with E-state index in [0.717, 1.165) is 54.1 Å². The number of piperidine rings is 1. The summed E-state index contributed by atoms with van der Waals surface area (Å²) < 4.78 is 5.62. The lowest BCUT2D eigenvalue weighted by Gasteiger charge is -2.32. The Labute approximate surface area is 170 Å². The van der Waals surface area contributed by atoms with Crippen LogP contribution >= 0.6 is 0 Å². The molecule has 5 nitrogen and oxygen atoms in total. The van der Waals surface area contributed by atoms with E-state index in [1.165, 1.54) is 5.56 Å². The number of rotatable bonds is 5. The summed E-state index contributed by atoms with van der Waals surface area (Å²) in [5.74, 6) is 1.84. The SMILES string of the molecule is CN1CCC(NC(c2cccc(-c3ccco3)c2)c2nc3ccccc3[nH]2)CC1. The predicted molar refractivity (Wildman–Crippen MR) is 116 cm³/mol. The fourth-order valence-electron chi connectivity index (χ4n) is 4.17. The Balaban J connectivity index is 1.52. The molecule has 0 bridgehead atoms. The van der Waals surface area contributed by atoms with Gasteiger partial charge in [0.15, 0.2) is 0 Å². The summed E-state index contributed by atoms with van der Waals surface area (Å²) in [5, 5.41) is 3.89. The van der Waals surface area contributed by atoms with Gasteiger partial charge in [0.1, 0.15) is 11.6 Å². The molecule has 1 saturated heterocycles. The summed E-state index contributed by atoms with van der Waals surface area (Å²) in [7, 11) is 2.19. The number of benzene rings is 2. The number of aromatic amines is 1. The summed E-state index contributed by atoms with van der Waals surface area (Å²) in [6.07, 6.45) is 4.01. The van der Waals surface area contributed by atoms with Gasteiger partial charge in [0.05, 0.1) is 23.3 Å². The largest absolute Gasteiger partial charge is 0.464 e. The molecule has 0 radical (unpaired) electrons. The van der Waals surface area contributed by atoms with E-state index in [-0.39, 0.29) is 6.04 Å². The van der Waals surface area contributed by atoms with Crippen molar-refractivity contribution in [1.82, 2.24) is 20.2 Å². The van der Waals surface area contributed by atoms with Gasteiger partial charge >= 0.3 is 0 Å². The quantitative estimate of drug-likeness (QED) is 0.526. The first-order valence-corrected chi connectivity index (χ1v) is 10.3. The molecule has 148 valence electrons. The summed E-state index contributed by atoms with van der Waals surface area (Å²) in [6.45, 7) is 2.24. The van der Waals surface area contributed by atoms with E-state index in [1.807, 2.05) is 24.3 Å². The van der Waals surface area contributed by atoms with Crippen molar-refractivity contribution in [3.8, 4) is 11.3 Å². The maximum atomic E-state index is 5.62. The first-order chi connectivity index (χ1) is 14.3. The van der Waals surface area contributed by atoms with Crippen LogP contribution in [-0.2, 0) is 0 Å². The van der Waals surface area contributed by atoms with Gasteiger partial charge in [-0.05, 0) is 68.9 Å². The molecule has 3 heterocycles. The van der Waals surface area contributed by atoms with Crippen LogP contribution in [0.2, 0.25) is 0 Å². The van der Waals surface area contributed by atoms with Gasteiger partial charge in [-0.25, -0.2) is 4.98 Å². The van der Waals surface area contributed by atoms with Crippen LogP contribution in [0.15, 0.2) is 71.3 Å². The highest BCUT2D eigenvalue weighted by Gasteiger charge is 2.24. The van der Waals surface area contributed by atoms with Crippen LogP contribution in [0.5, 0.6) is 0 Å². The van der Waals surface area contributed by atoms with Gasteiger partial charge in [0.25, 0.3) is 0 Å². The van der Waals surface area contributed by atoms with Gasteiger partial charge in [0.2, 0.25) is 0 Å². The minimum atomic E-state index is 0.00529. The standard InChI is InChI=1S/C24H26N4O/c1-28-13-11-19(12-14-28)25-23(24-26-20-8-2-3-9-21(20)27-24)18-7-4-6-17(16-18)22-10-5-15-29-22/h2-10,15-16,19,23,25H,11-14H2,1H3,(H,26,27). The summed E-state index contributed by atoms with van der Waals surface area (Å²) in [4.78, 5) is 10.8. The zero-order chi connectivity index (χ0) is 19.6. The lowest BCUT2D eigenvalue weighted by atomic mass is 9.98. The average molecular weight is 386 g/mol. The molecule has 2 N–H and O–H groups in total. The Kier molecular flexibility index (Phi) is 4.92. The summed E-state index contributed by atoms with van der Waals surface area (Å²) >= 11 is 0. The normalized spacial score (nSPS) is 17.0. The highest BCUT2D eigenvalue weighted by Crippen LogP contribution is 2.28. The van der Waals surface area contributed by atoms with E-state index in [0.29, 0.717) is 6.04 Å². The smallest absolute Gasteiger partial charge is 0.133 e. The fraction of sp³-hybridized carbons (Fsp3) is 0.292. The summed E-state index contributed by atoms with van der Waals surface area (Å²) in [5.41, 5.74) is 4.34. The van der Waals surface area contributed by atoms with Crippen molar-refractivity contribution in [2.45, 2.75) is 24.9 Å². The van der Waals surface area contributed by atoms with E-state index < -0.39 is 0 Å². The van der Waals surface area contributed by atoms with Crippen LogP contribution in [0.4, 0.5) is 0 Å². The van der Waals surface area contributed by atoms with Gasteiger partial charge in [-0.2, -0.15) is 0 Å². The maximum absolute atomic E-state index is 5.62. The third-order valence-corrected chi connectivity index (χ3v) is 5.83. The third-order valence-electron chi connectivity index (χ3n) is 5.83. The van der Waals surface area contributed by atoms with Crippen LogP contribution in [0.25, 0.3) is 22.4 Å². The van der Waals surface area contributed by atoms with Crippen LogP contribution in [0, 0.1) is 0 Å². The number of fused-ring (bicyclic) bond motifs is 1. The van der Waals surface area contributed by atoms with Crippen molar-refractivity contribution in [2.24, 2.45) is 0 Å². The van der Waals surface area contributed by atoms with Crippen molar-refractivity contribution in [3.05, 3.63) is 78.3 Å². The Bertz CT molecular complexity index is 1040. The summed E-state index contributed by atoms with van der Waals surface area (Å²) in [6, 6.07) is 21.2.